The molecule has 2 aromatic carbocycles. The zero-order chi connectivity index (χ0) is 14.4. The molecule has 2 aliphatic heterocycles. The van der Waals surface area contributed by atoms with Gasteiger partial charge in [-0.15, -0.1) is 0 Å². The first-order valence-corrected chi connectivity index (χ1v) is 7.27. The number of carbonyl (C=O) groups excluding carboxylic acids is 1. The Kier molecular flexibility index (Phi) is 2.82. The van der Waals surface area contributed by atoms with Gasteiger partial charge in [-0.2, -0.15) is 0 Å². The van der Waals surface area contributed by atoms with Crippen molar-refractivity contribution in [2.24, 2.45) is 11.8 Å². The highest BCUT2D eigenvalue weighted by Gasteiger charge is 2.51. The maximum Gasteiger partial charge on any atom is 0.317 e. The number of ether oxygens (including phenoxy) is 2. The highest BCUT2D eigenvalue weighted by Crippen LogP contribution is 2.53. The predicted molar refractivity (Wildman–Crippen MR) is 77.7 cm³/mol. The van der Waals surface area contributed by atoms with Crippen LogP contribution in [0.3, 0.4) is 0 Å². The molecule has 3 heteroatoms. The predicted octanol–water partition coefficient (Wildman–Crippen LogP) is 3.67. The first kappa shape index (κ1) is 12.6. The molecule has 0 N–H and O–H groups in total. The monoisotopic (exact) mass is 280 g/mol. The van der Waals surface area contributed by atoms with Crippen LogP contribution in [-0.2, 0) is 9.53 Å². The van der Waals surface area contributed by atoms with Crippen molar-refractivity contribution in [2.75, 3.05) is 0 Å². The fourth-order valence-corrected chi connectivity index (χ4v) is 3.45. The molecule has 0 radical (unpaired) electrons. The lowest BCUT2D eigenvalue weighted by Crippen LogP contribution is -2.32. The summed E-state index contributed by atoms with van der Waals surface area (Å²) >= 11 is 0. The summed E-state index contributed by atoms with van der Waals surface area (Å²) in [5, 5.41) is 0. The lowest BCUT2D eigenvalue weighted by molar-refractivity contribution is -0.144. The minimum atomic E-state index is -0.231. The Morgan fingerprint density at radius 3 is 2.43 bits per heavy atom. The van der Waals surface area contributed by atoms with Crippen LogP contribution in [0.5, 0.6) is 5.75 Å². The van der Waals surface area contributed by atoms with Gasteiger partial charge < -0.3 is 9.47 Å². The number of esters is 1. The average Bonchev–Trinajstić information content (AvgIpc) is 2.87. The van der Waals surface area contributed by atoms with Gasteiger partial charge in [0.15, 0.2) is 0 Å². The van der Waals surface area contributed by atoms with E-state index in [1.807, 2.05) is 42.5 Å². The number of hydrogen-bond acceptors (Lipinski definition) is 3. The first-order chi connectivity index (χ1) is 10.3. The van der Waals surface area contributed by atoms with E-state index in [4.69, 9.17) is 9.47 Å². The van der Waals surface area contributed by atoms with Crippen LogP contribution in [0.15, 0.2) is 54.6 Å². The van der Waals surface area contributed by atoms with E-state index in [0.29, 0.717) is 5.75 Å². The van der Waals surface area contributed by atoms with E-state index < -0.39 is 0 Å². The standard InChI is InChI=1S/C18H16O3/c1-11-15-17(21-16(11)12-7-3-2-4-8-12)13-9-5-6-10-14(13)20-18(15)19/h2-11,15-17H,1H3/t11-,15-,16-,17-/m0/s1. The normalized spacial score (nSPS) is 30.4. The van der Waals surface area contributed by atoms with Crippen LogP contribution < -0.4 is 4.74 Å². The van der Waals surface area contributed by atoms with E-state index in [0.717, 1.165) is 11.1 Å². The summed E-state index contributed by atoms with van der Waals surface area (Å²) in [5.41, 5.74) is 2.09. The first-order valence-electron chi connectivity index (χ1n) is 7.27. The van der Waals surface area contributed by atoms with Crippen LogP contribution in [0, 0.1) is 11.8 Å². The summed E-state index contributed by atoms with van der Waals surface area (Å²) in [6.45, 7) is 2.07. The summed E-state index contributed by atoms with van der Waals surface area (Å²) in [6, 6.07) is 17.7. The number of benzene rings is 2. The molecule has 106 valence electrons. The molecule has 3 nitrogen and oxygen atoms in total. The number of para-hydroxylation sites is 1. The largest absolute Gasteiger partial charge is 0.426 e. The maximum absolute atomic E-state index is 12.3. The third kappa shape index (κ3) is 1.88. The molecule has 0 aromatic heterocycles. The summed E-state index contributed by atoms with van der Waals surface area (Å²) in [7, 11) is 0. The van der Waals surface area contributed by atoms with Crippen LogP contribution in [-0.4, -0.2) is 5.97 Å². The van der Waals surface area contributed by atoms with Crippen molar-refractivity contribution in [3.8, 4) is 5.75 Å². The molecular weight excluding hydrogens is 264 g/mol. The second-order valence-electron chi connectivity index (χ2n) is 5.73. The van der Waals surface area contributed by atoms with Crippen molar-refractivity contribution in [3.05, 3.63) is 65.7 Å². The van der Waals surface area contributed by atoms with Gasteiger partial charge in [0.05, 0.1) is 12.0 Å². The van der Waals surface area contributed by atoms with E-state index in [9.17, 15) is 4.79 Å². The third-order valence-corrected chi connectivity index (χ3v) is 4.50. The molecule has 0 aliphatic carbocycles. The highest BCUT2D eigenvalue weighted by atomic mass is 16.6. The van der Waals surface area contributed by atoms with Crippen LogP contribution >= 0.6 is 0 Å². The molecule has 2 heterocycles. The summed E-state index contributed by atoms with van der Waals surface area (Å²) < 4.78 is 11.7. The molecule has 21 heavy (non-hydrogen) atoms. The van der Waals surface area contributed by atoms with Gasteiger partial charge in [-0.1, -0.05) is 55.5 Å². The number of fused-ring (bicyclic) bond motifs is 3. The van der Waals surface area contributed by atoms with Gasteiger partial charge >= 0.3 is 5.97 Å². The summed E-state index contributed by atoms with van der Waals surface area (Å²) in [6.07, 6.45) is -0.275. The lowest BCUT2D eigenvalue weighted by atomic mass is 9.82. The molecule has 4 rings (SSSR count). The molecule has 1 saturated heterocycles. The fourth-order valence-electron chi connectivity index (χ4n) is 3.45. The minimum Gasteiger partial charge on any atom is -0.426 e. The molecule has 1 fully saturated rings. The Bertz CT molecular complexity index is 680. The van der Waals surface area contributed by atoms with Crippen LogP contribution in [0.2, 0.25) is 0 Å². The highest BCUT2D eigenvalue weighted by molar-refractivity contribution is 5.79. The molecule has 0 amide bonds. The van der Waals surface area contributed by atoms with Crippen molar-refractivity contribution in [3.63, 3.8) is 0 Å². The minimum absolute atomic E-state index is 0.0695. The van der Waals surface area contributed by atoms with Crippen molar-refractivity contribution < 1.29 is 14.3 Å². The second kappa shape index (κ2) is 4.71. The Balaban J connectivity index is 1.76. The SMILES string of the molecule is C[C@H]1[C@@H]2C(=O)Oc3ccccc3[C@@H]2O[C@@H]1c1ccccc1. The smallest absolute Gasteiger partial charge is 0.317 e. The van der Waals surface area contributed by atoms with Gasteiger partial charge in [0.1, 0.15) is 11.9 Å². The Hall–Kier alpha value is -2.13. The van der Waals surface area contributed by atoms with E-state index in [2.05, 4.69) is 19.1 Å². The van der Waals surface area contributed by atoms with Crippen molar-refractivity contribution in [1.29, 1.82) is 0 Å². The third-order valence-electron chi connectivity index (χ3n) is 4.50. The van der Waals surface area contributed by atoms with E-state index in [1.165, 1.54) is 0 Å². The van der Waals surface area contributed by atoms with Crippen molar-refractivity contribution in [1.82, 2.24) is 0 Å². The van der Waals surface area contributed by atoms with Crippen molar-refractivity contribution in [2.45, 2.75) is 19.1 Å². The van der Waals surface area contributed by atoms with Crippen LogP contribution in [0.4, 0.5) is 0 Å². The van der Waals surface area contributed by atoms with Crippen molar-refractivity contribution >= 4 is 5.97 Å². The van der Waals surface area contributed by atoms with Gasteiger partial charge in [-0.05, 0) is 11.6 Å². The van der Waals surface area contributed by atoms with E-state index in [-0.39, 0.29) is 30.0 Å². The fraction of sp³-hybridized carbons (Fsp3) is 0.278. The summed E-state index contributed by atoms with van der Waals surface area (Å²) in [5.74, 6) is 0.317. The van der Waals surface area contributed by atoms with Gasteiger partial charge in [0, 0.05) is 11.5 Å². The van der Waals surface area contributed by atoms with E-state index in [1.54, 1.807) is 0 Å². The Morgan fingerprint density at radius 1 is 0.905 bits per heavy atom. The molecule has 0 bridgehead atoms. The zero-order valence-corrected chi connectivity index (χ0v) is 11.7. The lowest BCUT2D eigenvalue weighted by Gasteiger charge is -2.26. The molecule has 4 atom stereocenters. The Labute approximate surface area is 123 Å². The maximum atomic E-state index is 12.3. The summed E-state index contributed by atoms with van der Waals surface area (Å²) in [4.78, 5) is 12.3. The topological polar surface area (TPSA) is 35.5 Å². The number of hydrogen-bond donors (Lipinski definition) is 0. The van der Waals surface area contributed by atoms with Crippen LogP contribution in [0.25, 0.3) is 0 Å². The van der Waals surface area contributed by atoms with Gasteiger partial charge in [0.25, 0.3) is 0 Å². The zero-order valence-electron chi connectivity index (χ0n) is 11.7. The Morgan fingerprint density at radius 2 is 1.62 bits per heavy atom. The van der Waals surface area contributed by atoms with Gasteiger partial charge in [-0.25, -0.2) is 0 Å². The van der Waals surface area contributed by atoms with E-state index >= 15 is 0 Å². The molecule has 0 saturated carbocycles. The average molecular weight is 280 g/mol. The number of rotatable bonds is 1. The second-order valence-corrected chi connectivity index (χ2v) is 5.73. The quantitative estimate of drug-likeness (QED) is 0.590. The number of carbonyl (C=O) groups is 1. The molecule has 0 spiro atoms. The van der Waals surface area contributed by atoms with Gasteiger partial charge in [0.2, 0.25) is 0 Å². The van der Waals surface area contributed by atoms with Gasteiger partial charge in [-0.3, -0.25) is 4.79 Å². The molecule has 2 aromatic rings. The molecular formula is C18H16O3. The molecule has 0 unspecified atom stereocenters. The van der Waals surface area contributed by atoms with Crippen LogP contribution in [0.1, 0.15) is 30.3 Å². The molecule has 2 aliphatic rings.